The highest BCUT2D eigenvalue weighted by molar-refractivity contribution is 5.77. The third kappa shape index (κ3) is 3.00. The van der Waals surface area contributed by atoms with Crippen molar-refractivity contribution in [1.29, 1.82) is 0 Å². The lowest BCUT2D eigenvalue weighted by Gasteiger charge is -2.24. The van der Waals surface area contributed by atoms with Crippen molar-refractivity contribution in [3.05, 3.63) is 41.7 Å². The van der Waals surface area contributed by atoms with E-state index in [4.69, 9.17) is 0 Å². The minimum atomic E-state index is 0.0754. The van der Waals surface area contributed by atoms with E-state index in [9.17, 15) is 4.79 Å². The molecule has 0 aliphatic carbocycles. The zero-order chi connectivity index (χ0) is 15.5. The molecule has 0 N–H and O–H groups in total. The summed E-state index contributed by atoms with van der Waals surface area (Å²) in [5, 5.41) is 4.14. The third-order valence-corrected chi connectivity index (χ3v) is 4.21. The maximum atomic E-state index is 12.6. The van der Waals surface area contributed by atoms with Crippen LogP contribution in [0.3, 0.4) is 0 Å². The van der Waals surface area contributed by atoms with E-state index in [1.807, 2.05) is 29.6 Å². The van der Waals surface area contributed by atoms with Gasteiger partial charge >= 0.3 is 0 Å². The van der Waals surface area contributed by atoms with Crippen molar-refractivity contribution in [1.82, 2.24) is 24.6 Å². The van der Waals surface area contributed by atoms with Gasteiger partial charge in [0.15, 0.2) is 0 Å². The molecule has 0 bridgehead atoms. The maximum Gasteiger partial charge on any atom is 0.223 e. The Morgan fingerprint density at radius 2 is 2.27 bits per heavy atom. The Morgan fingerprint density at radius 3 is 3.00 bits per heavy atom. The van der Waals surface area contributed by atoms with Crippen LogP contribution in [0.25, 0.3) is 0 Å². The van der Waals surface area contributed by atoms with E-state index in [-0.39, 0.29) is 11.9 Å². The number of hydrogen-bond acceptors (Lipinski definition) is 4. The summed E-state index contributed by atoms with van der Waals surface area (Å²) in [7, 11) is 1.90. The van der Waals surface area contributed by atoms with Crippen LogP contribution >= 0.6 is 0 Å². The quantitative estimate of drug-likeness (QED) is 0.864. The molecule has 1 aliphatic rings. The summed E-state index contributed by atoms with van der Waals surface area (Å²) in [5.41, 5.74) is 2.89. The molecule has 1 atom stereocenters. The first-order chi connectivity index (χ1) is 10.6. The molecule has 2 aromatic rings. The molecule has 116 valence electrons. The first-order valence-corrected chi connectivity index (χ1v) is 7.70. The Morgan fingerprint density at radius 1 is 1.41 bits per heavy atom. The van der Waals surface area contributed by atoms with E-state index in [0.717, 1.165) is 42.9 Å². The Labute approximate surface area is 130 Å². The van der Waals surface area contributed by atoms with E-state index in [0.29, 0.717) is 6.42 Å². The van der Waals surface area contributed by atoms with Gasteiger partial charge in [0.05, 0.1) is 23.6 Å². The Hall–Kier alpha value is -2.24. The van der Waals surface area contributed by atoms with Gasteiger partial charge in [-0.2, -0.15) is 5.10 Å². The molecule has 1 amide bonds. The molecule has 1 saturated heterocycles. The van der Waals surface area contributed by atoms with Gasteiger partial charge in [0, 0.05) is 38.1 Å². The van der Waals surface area contributed by atoms with Gasteiger partial charge in [0.2, 0.25) is 5.91 Å². The largest absolute Gasteiger partial charge is 0.334 e. The predicted octanol–water partition coefficient (Wildman–Crippen LogP) is 1.81. The zero-order valence-corrected chi connectivity index (χ0v) is 13.1. The molecule has 1 fully saturated rings. The van der Waals surface area contributed by atoms with Crippen molar-refractivity contribution in [3.63, 3.8) is 0 Å². The standard InChI is InChI=1S/C16H21N5O/c1-12-10-17-11-14(19-12)15-4-3-9-21(15)16(22)6-5-13-7-8-18-20(13)2/h7-8,10-11,15H,3-6,9H2,1-2H3/t15-/m1/s1. The Kier molecular flexibility index (Phi) is 4.18. The van der Waals surface area contributed by atoms with Gasteiger partial charge in [-0.1, -0.05) is 0 Å². The number of aromatic nitrogens is 4. The fourth-order valence-electron chi connectivity index (χ4n) is 3.04. The highest BCUT2D eigenvalue weighted by Crippen LogP contribution is 2.31. The summed E-state index contributed by atoms with van der Waals surface area (Å²) >= 11 is 0. The highest BCUT2D eigenvalue weighted by atomic mass is 16.2. The van der Waals surface area contributed by atoms with Gasteiger partial charge in [-0.3, -0.25) is 19.4 Å². The van der Waals surface area contributed by atoms with Crippen LogP contribution in [0.5, 0.6) is 0 Å². The first-order valence-electron chi connectivity index (χ1n) is 7.70. The molecular formula is C16H21N5O. The van der Waals surface area contributed by atoms with Crippen LogP contribution < -0.4 is 0 Å². The molecule has 0 radical (unpaired) electrons. The molecule has 6 nitrogen and oxygen atoms in total. The number of hydrogen-bond donors (Lipinski definition) is 0. The summed E-state index contributed by atoms with van der Waals surface area (Å²) in [5.74, 6) is 0.187. The van der Waals surface area contributed by atoms with Crippen LogP contribution in [-0.4, -0.2) is 37.1 Å². The van der Waals surface area contributed by atoms with E-state index >= 15 is 0 Å². The number of nitrogens with zero attached hydrogens (tertiary/aromatic N) is 5. The lowest BCUT2D eigenvalue weighted by molar-refractivity contribution is -0.132. The SMILES string of the molecule is Cc1cncc([C@H]2CCCN2C(=O)CCc2ccnn2C)n1. The average molecular weight is 299 g/mol. The van der Waals surface area contributed by atoms with E-state index in [1.165, 1.54) is 0 Å². The van der Waals surface area contributed by atoms with Gasteiger partial charge in [-0.15, -0.1) is 0 Å². The molecule has 3 rings (SSSR count). The topological polar surface area (TPSA) is 63.9 Å². The van der Waals surface area contributed by atoms with Gasteiger partial charge < -0.3 is 4.90 Å². The monoisotopic (exact) mass is 299 g/mol. The molecular weight excluding hydrogens is 278 g/mol. The molecule has 1 aliphatic heterocycles. The molecule has 0 spiro atoms. The number of aryl methyl sites for hydroxylation is 3. The van der Waals surface area contributed by atoms with Gasteiger partial charge in [0.1, 0.15) is 0 Å². The third-order valence-electron chi connectivity index (χ3n) is 4.21. The lowest BCUT2D eigenvalue weighted by atomic mass is 10.1. The normalized spacial score (nSPS) is 17.9. The van der Waals surface area contributed by atoms with Crippen LogP contribution in [0.1, 0.15) is 42.4 Å². The van der Waals surface area contributed by atoms with Crippen LogP contribution in [0, 0.1) is 6.92 Å². The Balaban J connectivity index is 1.67. The second-order valence-corrected chi connectivity index (χ2v) is 5.78. The van der Waals surface area contributed by atoms with Crippen molar-refractivity contribution in [3.8, 4) is 0 Å². The smallest absolute Gasteiger partial charge is 0.223 e. The molecule has 0 aromatic carbocycles. The molecule has 0 saturated carbocycles. The molecule has 6 heteroatoms. The van der Waals surface area contributed by atoms with Crippen molar-refractivity contribution in [2.24, 2.45) is 7.05 Å². The molecule has 3 heterocycles. The number of carbonyl (C=O) groups is 1. The van der Waals surface area contributed by atoms with Crippen LogP contribution in [-0.2, 0) is 18.3 Å². The minimum absolute atomic E-state index is 0.0754. The second kappa shape index (κ2) is 6.25. The predicted molar refractivity (Wildman–Crippen MR) is 82.0 cm³/mol. The maximum absolute atomic E-state index is 12.6. The van der Waals surface area contributed by atoms with E-state index < -0.39 is 0 Å². The molecule has 2 aromatic heterocycles. The second-order valence-electron chi connectivity index (χ2n) is 5.78. The van der Waals surface area contributed by atoms with Crippen molar-refractivity contribution >= 4 is 5.91 Å². The van der Waals surface area contributed by atoms with Crippen molar-refractivity contribution < 1.29 is 4.79 Å². The molecule has 22 heavy (non-hydrogen) atoms. The minimum Gasteiger partial charge on any atom is -0.334 e. The summed E-state index contributed by atoms with van der Waals surface area (Å²) in [6.07, 6.45) is 8.51. The van der Waals surface area contributed by atoms with Crippen LogP contribution in [0.2, 0.25) is 0 Å². The first kappa shape index (κ1) is 14.7. The van der Waals surface area contributed by atoms with Gasteiger partial charge in [0.25, 0.3) is 0 Å². The van der Waals surface area contributed by atoms with E-state index in [2.05, 4.69) is 15.1 Å². The van der Waals surface area contributed by atoms with E-state index in [1.54, 1.807) is 18.6 Å². The average Bonchev–Trinajstić information content (AvgIpc) is 3.14. The number of rotatable bonds is 4. The van der Waals surface area contributed by atoms with Crippen LogP contribution in [0.4, 0.5) is 0 Å². The summed E-state index contributed by atoms with van der Waals surface area (Å²) in [4.78, 5) is 23.3. The highest BCUT2D eigenvalue weighted by Gasteiger charge is 2.30. The van der Waals surface area contributed by atoms with Crippen LogP contribution in [0.15, 0.2) is 24.7 Å². The zero-order valence-electron chi connectivity index (χ0n) is 13.1. The summed E-state index contributed by atoms with van der Waals surface area (Å²) < 4.78 is 1.82. The molecule has 0 unspecified atom stereocenters. The number of amides is 1. The number of carbonyl (C=O) groups excluding carboxylic acids is 1. The summed E-state index contributed by atoms with van der Waals surface area (Å²) in [6.45, 7) is 2.74. The van der Waals surface area contributed by atoms with Crippen molar-refractivity contribution in [2.45, 2.75) is 38.6 Å². The fraction of sp³-hybridized carbons (Fsp3) is 0.500. The lowest BCUT2D eigenvalue weighted by Crippen LogP contribution is -2.31. The Bertz CT molecular complexity index is 666. The van der Waals surface area contributed by atoms with Gasteiger partial charge in [-0.05, 0) is 32.3 Å². The van der Waals surface area contributed by atoms with Crippen molar-refractivity contribution in [2.75, 3.05) is 6.54 Å². The fourth-order valence-corrected chi connectivity index (χ4v) is 3.04. The summed E-state index contributed by atoms with van der Waals surface area (Å²) in [6, 6.07) is 2.03. The van der Waals surface area contributed by atoms with Gasteiger partial charge in [-0.25, -0.2) is 0 Å². The number of likely N-dealkylation sites (tertiary alicyclic amines) is 1.